The highest BCUT2D eigenvalue weighted by atomic mass is 16.5. The Morgan fingerprint density at radius 1 is 1.31 bits per heavy atom. The Balaban J connectivity index is 2.24. The summed E-state index contributed by atoms with van der Waals surface area (Å²) in [6, 6.07) is 0. The van der Waals surface area contributed by atoms with Crippen molar-refractivity contribution >= 4 is 0 Å². The quantitative estimate of drug-likeness (QED) is 0.763. The van der Waals surface area contributed by atoms with Gasteiger partial charge in [0.15, 0.2) is 0 Å². The van der Waals surface area contributed by atoms with Crippen molar-refractivity contribution in [2.75, 3.05) is 26.2 Å². The smallest absolute Gasteiger partial charge is 0.0900 e. The molecule has 1 aliphatic heterocycles. The zero-order valence-electron chi connectivity index (χ0n) is 10.8. The Morgan fingerprint density at radius 2 is 1.88 bits per heavy atom. The van der Waals surface area contributed by atoms with Gasteiger partial charge in [0.1, 0.15) is 0 Å². The van der Waals surface area contributed by atoms with E-state index in [1.54, 1.807) is 0 Å². The van der Waals surface area contributed by atoms with Crippen LogP contribution >= 0.6 is 0 Å². The van der Waals surface area contributed by atoms with Gasteiger partial charge in [-0.1, -0.05) is 0 Å². The molecule has 0 radical (unpaired) electrons. The first kappa shape index (κ1) is 13.9. The van der Waals surface area contributed by atoms with Crippen LogP contribution in [-0.2, 0) is 9.47 Å². The molecular weight excluding hydrogens is 206 g/mol. The molecule has 0 amide bonds. The van der Waals surface area contributed by atoms with Crippen molar-refractivity contribution in [3.05, 3.63) is 0 Å². The molecule has 96 valence electrons. The minimum Gasteiger partial charge on any atom is -0.389 e. The number of nitrogens with zero attached hydrogens (tertiary/aromatic N) is 1. The standard InChI is InChI=1S/C12H25NO3/c1-9(2)15-8-12(14)7-13-5-10(3)16-11(4)6-13/h9-12,14H,5-8H2,1-4H3/t10-,11+,12?. The number of hydrogen-bond donors (Lipinski definition) is 1. The van der Waals surface area contributed by atoms with Gasteiger partial charge in [0.2, 0.25) is 0 Å². The third-order valence-corrected chi connectivity index (χ3v) is 2.59. The van der Waals surface area contributed by atoms with E-state index in [4.69, 9.17) is 9.47 Å². The van der Waals surface area contributed by atoms with Crippen LogP contribution in [0, 0.1) is 0 Å². The second kappa shape index (κ2) is 6.55. The van der Waals surface area contributed by atoms with Crippen LogP contribution in [0.2, 0.25) is 0 Å². The van der Waals surface area contributed by atoms with Crippen LogP contribution in [0.1, 0.15) is 27.7 Å². The highest BCUT2D eigenvalue weighted by molar-refractivity contribution is 4.75. The minimum absolute atomic E-state index is 0.178. The zero-order valence-corrected chi connectivity index (χ0v) is 10.8. The number of aliphatic hydroxyl groups is 1. The van der Waals surface area contributed by atoms with E-state index in [1.807, 2.05) is 13.8 Å². The van der Waals surface area contributed by atoms with E-state index >= 15 is 0 Å². The topological polar surface area (TPSA) is 41.9 Å². The van der Waals surface area contributed by atoms with Gasteiger partial charge < -0.3 is 14.6 Å². The SMILES string of the molecule is CC(C)OCC(O)CN1C[C@@H](C)O[C@@H](C)C1. The maximum atomic E-state index is 9.82. The molecule has 0 spiro atoms. The van der Waals surface area contributed by atoms with Crippen molar-refractivity contribution in [1.29, 1.82) is 0 Å². The molecular formula is C12H25NO3. The summed E-state index contributed by atoms with van der Waals surface area (Å²) in [5.41, 5.74) is 0. The first-order chi connectivity index (χ1) is 7.47. The molecule has 1 unspecified atom stereocenters. The molecule has 0 saturated carbocycles. The third kappa shape index (κ3) is 5.25. The molecule has 3 atom stereocenters. The Hall–Kier alpha value is -0.160. The summed E-state index contributed by atoms with van der Waals surface area (Å²) in [4.78, 5) is 2.24. The average molecular weight is 231 g/mol. The van der Waals surface area contributed by atoms with E-state index in [1.165, 1.54) is 0 Å². The van der Waals surface area contributed by atoms with Gasteiger partial charge in [-0.2, -0.15) is 0 Å². The Bertz CT molecular complexity index is 189. The van der Waals surface area contributed by atoms with E-state index < -0.39 is 6.10 Å². The highest BCUT2D eigenvalue weighted by Crippen LogP contribution is 2.11. The molecule has 4 nitrogen and oxygen atoms in total. The van der Waals surface area contributed by atoms with E-state index in [0.29, 0.717) is 13.2 Å². The van der Waals surface area contributed by atoms with Gasteiger partial charge in [-0.15, -0.1) is 0 Å². The van der Waals surface area contributed by atoms with Gasteiger partial charge in [-0.3, -0.25) is 4.90 Å². The molecule has 1 N–H and O–H groups in total. The van der Waals surface area contributed by atoms with Gasteiger partial charge in [-0.25, -0.2) is 0 Å². The van der Waals surface area contributed by atoms with Crippen molar-refractivity contribution in [1.82, 2.24) is 4.90 Å². The largest absolute Gasteiger partial charge is 0.389 e. The number of morpholine rings is 1. The molecule has 0 aromatic carbocycles. The predicted molar refractivity (Wildman–Crippen MR) is 63.5 cm³/mol. The van der Waals surface area contributed by atoms with E-state index in [2.05, 4.69) is 18.7 Å². The number of rotatable bonds is 5. The first-order valence-corrected chi connectivity index (χ1v) is 6.15. The van der Waals surface area contributed by atoms with Gasteiger partial charge in [0.25, 0.3) is 0 Å². The number of β-amino-alcohol motifs (C(OH)–C–C–N with tert-alkyl or cyclic N) is 1. The van der Waals surface area contributed by atoms with Crippen LogP contribution in [0.3, 0.4) is 0 Å². The monoisotopic (exact) mass is 231 g/mol. The Labute approximate surface area is 98.5 Å². The lowest BCUT2D eigenvalue weighted by atomic mass is 10.2. The van der Waals surface area contributed by atoms with Crippen LogP contribution in [0.25, 0.3) is 0 Å². The molecule has 0 aliphatic carbocycles. The lowest BCUT2D eigenvalue weighted by Gasteiger charge is -2.36. The summed E-state index contributed by atoms with van der Waals surface area (Å²) in [6.45, 7) is 11.0. The highest BCUT2D eigenvalue weighted by Gasteiger charge is 2.23. The summed E-state index contributed by atoms with van der Waals surface area (Å²) >= 11 is 0. The summed E-state index contributed by atoms with van der Waals surface area (Å²) < 4.78 is 11.0. The predicted octanol–water partition coefficient (Wildman–Crippen LogP) is 0.881. The second-order valence-corrected chi connectivity index (χ2v) is 5.01. The summed E-state index contributed by atoms with van der Waals surface area (Å²) in [7, 11) is 0. The van der Waals surface area contributed by atoms with Crippen LogP contribution in [0.5, 0.6) is 0 Å². The lowest BCUT2D eigenvalue weighted by Crippen LogP contribution is -2.48. The molecule has 4 heteroatoms. The van der Waals surface area contributed by atoms with Crippen molar-refractivity contribution in [3.63, 3.8) is 0 Å². The molecule has 0 bridgehead atoms. The lowest BCUT2D eigenvalue weighted by molar-refractivity contribution is -0.0843. The zero-order chi connectivity index (χ0) is 12.1. The van der Waals surface area contributed by atoms with Crippen molar-refractivity contribution in [3.8, 4) is 0 Å². The molecule has 1 rings (SSSR count). The van der Waals surface area contributed by atoms with Crippen molar-refractivity contribution in [2.45, 2.75) is 52.1 Å². The molecule has 1 fully saturated rings. The van der Waals surface area contributed by atoms with E-state index in [0.717, 1.165) is 13.1 Å². The molecule has 0 aromatic heterocycles. The average Bonchev–Trinajstić information content (AvgIpc) is 2.12. The maximum Gasteiger partial charge on any atom is 0.0900 e. The molecule has 1 aliphatic rings. The maximum absolute atomic E-state index is 9.82. The molecule has 1 saturated heterocycles. The van der Waals surface area contributed by atoms with Crippen LogP contribution in [0.15, 0.2) is 0 Å². The third-order valence-electron chi connectivity index (χ3n) is 2.59. The van der Waals surface area contributed by atoms with E-state index in [-0.39, 0.29) is 18.3 Å². The fourth-order valence-electron chi connectivity index (χ4n) is 2.09. The Kier molecular flexibility index (Phi) is 5.69. The van der Waals surface area contributed by atoms with Crippen LogP contribution < -0.4 is 0 Å². The normalized spacial score (nSPS) is 29.6. The minimum atomic E-state index is -0.403. The number of aliphatic hydroxyl groups excluding tert-OH is 1. The number of ether oxygens (including phenoxy) is 2. The summed E-state index contributed by atoms with van der Waals surface area (Å²) in [6.07, 6.45) is 0.279. The summed E-state index contributed by atoms with van der Waals surface area (Å²) in [5.74, 6) is 0. The van der Waals surface area contributed by atoms with Gasteiger partial charge in [-0.05, 0) is 27.7 Å². The van der Waals surface area contributed by atoms with Gasteiger partial charge in [0, 0.05) is 19.6 Å². The first-order valence-electron chi connectivity index (χ1n) is 6.15. The molecule has 0 aromatic rings. The summed E-state index contributed by atoms with van der Waals surface area (Å²) in [5, 5.41) is 9.82. The molecule has 1 heterocycles. The fraction of sp³-hybridized carbons (Fsp3) is 1.00. The van der Waals surface area contributed by atoms with Crippen LogP contribution in [-0.4, -0.2) is 60.7 Å². The number of hydrogen-bond acceptors (Lipinski definition) is 4. The Morgan fingerprint density at radius 3 is 2.38 bits per heavy atom. The van der Waals surface area contributed by atoms with Crippen molar-refractivity contribution in [2.24, 2.45) is 0 Å². The van der Waals surface area contributed by atoms with Crippen molar-refractivity contribution < 1.29 is 14.6 Å². The van der Waals surface area contributed by atoms with Gasteiger partial charge in [0.05, 0.1) is 31.0 Å². The second-order valence-electron chi connectivity index (χ2n) is 5.01. The van der Waals surface area contributed by atoms with Crippen LogP contribution in [0.4, 0.5) is 0 Å². The molecule has 16 heavy (non-hydrogen) atoms. The fourth-order valence-corrected chi connectivity index (χ4v) is 2.09. The van der Waals surface area contributed by atoms with Gasteiger partial charge >= 0.3 is 0 Å². The van der Waals surface area contributed by atoms with E-state index in [9.17, 15) is 5.11 Å².